The summed E-state index contributed by atoms with van der Waals surface area (Å²) in [6.07, 6.45) is -5.60. The Balaban J connectivity index is 3.17. The van der Waals surface area contributed by atoms with Crippen molar-refractivity contribution in [1.29, 1.82) is 0 Å². The molecule has 0 bridgehead atoms. The van der Waals surface area contributed by atoms with Gasteiger partial charge in [-0.1, -0.05) is 0 Å². The minimum absolute atomic E-state index is 0.475. The lowest BCUT2D eigenvalue weighted by molar-refractivity contribution is 0.0358. The molecule has 0 rings (SSSR count). The van der Waals surface area contributed by atoms with Gasteiger partial charge in [-0.3, -0.25) is 0 Å². The van der Waals surface area contributed by atoms with Crippen molar-refractivity contribution in [2.75, 3.05) is 6.61 Å². The normalized spacial score (nSPS) is 14.6. The smallest absolute Gasteiger partial charge is 0.269 e. The fraction of sp³-hybridized carbons (Fsp3) is 1.00. The second kappa shape index (κ2) is 3.72. The summed E-state index contributed by atoms with van der Waals surface area (Å²) in [6.45, 7) is -0.522. The highest BCUT2D eigenvalue weighted by Gasteiger charge is 2.17. The van der Waals surface area contributed by atoms with Crippen LogP contribution in [0.5, 0.6) is 0 Å². The maximum absolute atomic E-state index is 11.6. The van der Waals surface area contributed by atoms with Crippen LogP contribution in [0.2, 0.25) is 0 Å². The summed E-state index contributed by atoms with van der Waals surface area (Å²) in [5.41, 5.74) is 0. The molecular formula is C4H7F3O. The van der Waals surface area contributed by atoms with Gasteiger partial charge in [0.25, 0.3) is 6.43 Å². The number of alkyl halides is 3. The third kappa shape index (κ3) is 2.85. The Morgan fingerprint density at radius 1 is 1.25 bits per heavy atom. The zero-order valence-electron chi connectivity index (χ0n) is 4.15. The van der Waals surface area contributed by atoms with Crippen molar-refractivity contribution in [2.45, 2.75) is 19.0 Å². The molecule has 1 N–H and O–H groups in total. The quantitative estimate of drug-likeness (QED) is 0.600. The first-order valence-electron chi connectivity index (χ1n) is 2.21. The highest BCUT2D eigenvalue weighted by molar-refractivity contribution is 4.55. The molecule has 0 aromatic heterocycles. The summed E-state index contributed by atoms with van der Waals surface area (Å²) in [4.78, 5) is 0. The van der Waals surface area contributed by atoms with Gasteiger partial charge in [0.2, 0.25) is 0 Å². The zero-order chi connectivity index (χ0) is 6.57. The van der Waals surface area contributed by atoms with E-state index in [1.165, 1.54) is 0 Å². The zero-order valence-corrected chi connectivity index (χ0v) is 4.15. The van der Waals surface area contributed by atoms with Crippen LogP contribution in [0.1, 0.15) is 6.42 Å². The van der Waals surface area contributed by atoms with Crippen molar-refractivity contribution in [2.24, 2.45) is 0 Å². The Hall–Kier alpha value is -0.250. The summed E-state index contributed by atoms with van der Waals surface area (Å²) in [6, 6.07) is 0. The largest absolute Gasteiger partial charge is 0.396 e. The first kappa shape index (κ1) is 7.75. The van der Waals surface area contributed by atoms with Gasteiger partial charge in [0.15, 0.2) is 6.17 Å². The highest BCUT2D eigenvalue weighted by atomic mass is 19.3. The average molecular weight is 128 g/mol. The van der Waals surface area contributed by atoms with Gasteiger partial charge < -0.3 is 5.11 Å². The van der Waals surface area contributed by atoms with E-state index in [2.05, 4.69) is 0 Å². The standard InChI is InChI=1S/C4H7F3O/c5-3(1-2-8)4(6)7/h3-4,8H,1-2H2. The van der Waals surface area contributed by atoms with E-state index in [1.807, 2.05) is 0 Å². The molecular weight excluding hydrogens is 121 g/mol. The van der Waals surface area contributed by atoms with Crippen LogP contribution in [0.4, 0.5) is 13.2 Å². The number of hydrogen-bond acceptors (Lipinski definition) is 1. The first-order valence-corrected chi connectivity index (χ1v) is 2.21. The van der Waals surface area contributed by atoms with Crippen molar-refractivity contribution in [3.8, 4) is 0 Å². The molecule has 0 fully saturated rings. The lowest BCUT2D eigenvalue weighted by Gasteiger charge is -2.01. The minimum atomic E-state index is -2.96. The van der Waals surface area contributed by atoms with Crippen molar-refractivity contribution in [3.05, 3.63) is 0 Å². The van der Waals surface area contributed by atoms with Gasteiger partial charge >= 0.3 is 0 Å². The maximum Gasteiger partial charge on any atom is 0.269 e. The SMILES string of the molecule is OCCC(F)C(F)F. The van der Waals surface area contributed by atoms with Crippen molar-refractivity contribution >= 4 is 0 Å². The lowest BCUT2D eigenvalue weighted by Crippen LogP contribution is -2.12. The number of halogens is 3. The predicted molar refractivity (Wildman–Crippen MR) is 22.6 cm³/mol. The molecule has 0 aromatic rings. The van der Waals surface area contributed by atoms with E-state index in [4.69, 9.17) is 5.11 Å². The Bertz CT molecular complexity index is 57.2. The molecule has 50 valence electrons. The topological polar surface area (TPSA) is 20.2 Å². The van der Waals surface area contributed by atoms with Crippen LogP contribution >= 0.6 is 0 Å². The summed E-state index contributed by atoms with van der Waals surface area (Å²) in [7, 11) is 0. The van der Waals surface area contributed by atoms with E-state index in [1.54, 1.807) is 0 Å². The molecule has 8 heavy (non-hydrogen) atoms. The highest BCUT2D eigenvalue weighted by Crippen LogP contribution is 2.07. The molecule has 0 saturated heterocycles. The summed E-state index contributed by atoms with van der Waals surface area (Å²) in [5, 5.41) is 7.91. The van der Waals surface area contributed by atoms with Crippen LogP contribution < -0.4 is 0 Å². The van der Waals surface area contributed by atoms with Crippen LogP contribution in [-0.4, -0.2) is 24.3 Å². The van der Waals surface area contributed by atoms with Gasteiger partial charge in [-0.2, -0.15) is 0 Å². The molecule has 0 aliphatic carbocycles. The molecule has 0 saturated carbocycles. The number of aliphatic hydroxyl groups is 1. The second-order valence-corrected chi connectivity index (χ2v) is 1.36. The Labute approximate surface area is 45.1 Å². The minimum Gasteiger partial charge on any atom is -0.396 e. The van der Waals surface area contributed by atoms with Crippen LogP contribution in [0, 0.1) is 0 Å². The molecule has 0 spiro atoms. The monoisotopic (exact) mass is 128 g/mol. The van der Waals surface area contributed by atoms with E-state index in [9.17, 15) is 13.2 Å². The van der Waals surface area contributed by atoms with E-state index < -0.39 is 25.6 Å². The lowest BCUT2D eigenvalue weighted by atomic mass is 10.3. The summed E-state index contributed by atoms with van der Waals surface area (Å²) >= 11 is 0. The molecule has 0 radical (unpaired) electrons. The molecule has 4 heteroatoms. The Morgan fingerprint density at radius 2 is 1.75 bits per heavy atom. The summed E-state index contributed by atoms with van der Waals surface area (Å²) in [5.74, 6) is 0. The molecule has 0 amide bonds. The molecule has 1 unspecified atom stereocenters. The molecule has 0 aromatic carbocycles. The van der Waals surface area contributed by atoms with Gasteiger partial charge in [0.05, 0.1) is 0 Å². The van der Waals surface area contributed by atoms with E-state index >= 15 is 0 Å². The number of hydrogen-bond donors (Lipinski definition) is 1. The molecule has 0 aliphatic rings. The van der Waals surface area contributed by atoms with Crippen LogP contribution in [0.25, 0.3) is 0 Å². The van der Waals surface area contributed by atoms with Crippen LogP contribution in [-0.2, 0) is 0 Å². The molecule has 0 heterocycles. The van der Waals surface area contributed by atoms with Gasteiger partial charge in [0.1, 0.15) is 0 Å². The Kier molecular flexibility index (Phi) is 3.60. The van der Waals surface area contributed by atoms with E-state index in [0.29, 0.717) is 0 Å². The fourth-order valence-electron chi connectivity index (χ4n) is 0.249. The third-order valence-electron chi connectivity index (χ3n) is 0.678. The second-order valence-electron chi connectivity index (χ2n) is 1.36. The maximum atomic E-state index is 11.6. The van der Waals surface area contributed by atoms with Gasteiger partial charge in [0, 0.05) is 13.0 Å². The van der Waals surface area contributed by atoms with Gasteiger partial charge in [-0.15, -0.1) is 0 Å². The molecule has 1 atom stereocenters. The number of aliphatic hydroxyl groups excluding tert-OH is 1. The van der Waals surface area contributed by atoms with Crippen molar-refractivity contribution in [3.63, 3.8) is 0 Å². The molecule has 1 nitrogen and oxygen atoms in total. The van der Waals surface area contributed by atoms with Crippen molar-refractivity contribution in [1.82, 2.24) is 0 Å². The van der Waals surface area contributed by atoms with Crippen LogP contribution in [0.3, 0.4) is 0 Å². The number of rotatable bonds is 3. The van der Waals surface area contributed by atoms with E-state index in [-0.39, 0.29) is 0 Å². The molecule has 0 aliphatic heterocycles. The first-order chi connectivity index (χ1) is 3.68. The fourth-order valence-corrected chi connectivity index (χ4v) is 0.249. The van der Waals surface area contributed by atoms with Gasteiger partial charge in [-0.25, -0.2) is 13.2 Å². The Morgan fingerprint density at radius 3 is 1.88 bits per heavy atom. The predicted octanol–water partition coefficient (Wildman–Crippen LogP) is 0.972. The third-order valence-corrected chi connectivity index (χ3v) is 0.678. The van der Waals surface area contributed by atoms with Gasteiger partial charge in [-0.05, 0) is 0 Å². The van der Waals surface area contributed by atoms with E-state index in [0.717, 1.165) is 0 Å². The summed E-state index contributed by atoms with van der Waals surface area (Å²) < 4.78 is 33.9. The van der Waals surface area contributed by atoms with Crippen LogP contribution in [0.15, 0.2) is 0 Å². The van der Waals surface area contributed by atoms with Crippen molar-refractivity contribution < 1.29 is 18.3 Å². The average Bonchev–Trinajstić information content (AvgIpc) is 1.67.